The Labute approximate surface area is 274 Å². The van der Waals surface area contributed by atoms with Crippen LogP contribution in [0.3, 0.4) is 0 Å². The third-order valence-electron chi connectivity index (χ3n) is 9.00. The van der Waals surface area contributed by atoms with Crippen molar-refractivity contribution in [2.24, 2.45) is 11.7 Å². The maximum absolute atomic E-state index is 13.3. The van der Waals surface area contributed by atoms with Gasteiger partial charge in [-0.15, -0.1) is 0 Å². The van der Waals surface area contributed by atoms with Crippen molar-refractivity contribution < 1.29 is 38.1 Å². The quantitative estimate of drug-likeness (QED) is 0.151. The van der Waals surface area contributed by atoms with Crippen molar-refractivity contribution in [3.63, 3.8) is 0 Å². The van der Waals surface area contributed by atoms with Gasteiger partial charge < -0.3 is 29.4 Å². The molecule has 3 aliphatic heterocycles. The van der Waals surface area contributed by atoms with Crippen LogP contribution in [-0.2, 0) is 43.7 Å². The van der Waals surface area contributed by atoms with E-state index in [1.165, 1.54) is 7.05 Å². The van der Waals surface area contributed by atoms with E-state index in [4.69, 9.17) is 29.4 Å². The second-order valence-corrected chi connectivity index (χ2v) is 12.4. The standard InChI is InChI=1S/C37H40N2O8/c1-5-43-35(42)29(26-21-28(40)39(4)34(26)41)30(38)32-33-31(46-36(2,3)47-33)27(45-32)22-44-37(23-15-9-6-10-16-23,24-17-11-7-12-18-24)25-19-13-8-14-20-25/h6-20,26-27,31-33H,5,21-22,38H2,1-4H3/b30-29+. The molecule has 10 heteroatoms. The molecule has 0 aliphatic carbocycles. The number of hydrogen-bond acceptors (Lipinski definition) is 9. The Morgan fingerprint density at radius 1 is 0.894 bits per heavy atom. The number of hydrogen-bond donors (Lipinski definition) is 1. The summed E-state index contributed by atoms with van der Waals surface area (Å²) in [5.41, 5.74) is 8.37. The van der Waals surface area contributed by atoms with Gasteiger partial charge in [0.2, 0.25) is 11.8 Å². The first-order valence-corrected chi connectivity index (χ1v) is 15.9. The minimum Gasteiger partial charge on any atom is -0.463 e. The average Bonchev–Trinajstić information content (AvgIpc) is 3.66. The van der Waals surface area contributed by atoms with E-state index < -0.39 is 59.5 Å². The molecule has 10 nitrogen and oxygen atoms in total. The molecule has 3 aromatic carbocycles. The topological polar surface area (TPSA) is 127 Å². The summed E-state index contributed by atoms with van der Waals surface area (Å²) in [6.45, 7) is 5.36. The summed E-state index contributed by atoms with van der Waals surface area (Å²) in [6.07, 6.45) is -3.22. The Bertz CT molecular complexity index is 1550. The number of likely N-dealkylation sites (tertiary alicyclic amines) is 1. The summed E-state index contributed by atoms with van der Waals surface area (Å²) in [4.78, 5) is 39.9. The molecule has 3 aliphatic rings. The van der Waals surface area contributed by atoms with Crippen molar-refractivity contribution in [2.45, 2.75) is 63.0 Å². The van der Waals surface area contributed by atoms with Crippen molar-refractivity contribution in [2.75, 3.05) is 20.3 Å². The number of esters is 1. The zero-order valence-corrected chi connectivity index (χ0v) is 27.0. The van der Waals surface area contributed by atoms with Gasteiger partial charge in [0, 0.05) is 13.5 Å². The summed E-state index contributed by atoms with van der Waals surface area (Å²) < 4.78 is 31.6. The van der Waals surface area contributed by atoms with Gasteiger partial charge in [0.15, 0.2) is 5.79 Å². The molecule has 0 bridgehead atoms. The summed E-state index contributed by atoms with van der Waals surface area (Å²) in [5.74, 6) is -3.80. The molecule has 0 saturated carbocycles. The lowest BCUT2D eigenvalue weighted by atomic mass is 9.80. The van der Waals surface area contributed by atoms with Gasteiger partial charge in [-0.1, -0.05) is 91.0 Å². The highest BCUT2D eigenvalue weighted by Gasteiger charge is 2.58. The van der Waals surface area contributed by atoms with Crippen molar-refractivity contribution in [1.82, 2.24) is 4.90 Å². The van der Waals surface area contributed by atoms with Crippen molar-refractivity contribution in [3.05, 3.63) is 119 Å². The fourth-order valence-corrected chi connectivity index (χ4v) is 6.85. The first-order valence-electron chi connectivity index (χ1n) is 15.9. The molecule has 2 N–H and O–H groups in total. The number of rotatable bonds is 10. The van der Waals surface area contributed by atoms with Gasteiger partial charge in [-0.25, -0.2) is 4.79 Å². The fourth-order valence-electron chi connectivity index (χ4n) is 6.85. The van der Waals surface area contributed by atoms with Crippen LogP contribution in [0.25, 0.3) is 0 Å². The molecule has 0 aromatic heterocycles. The van der Waals surface area contributed by atoms with Crippen LogP contribution in [0.15, 0.2) is 102 Å². The van der Waals surface area contributed by atoms with Gasteiger partial charge in [0.1, 0.15) is 30.0 Å². The van der Waals surface area contributed by atoms with E-state index >= 15 is 0 Å². The number of carbonyl (C=O) groups excluding carboxylic acids is 3. The predicted octanol–water partition coefficient (Wildman–Crippen LogP) is 4.06. The summed E-state index contributed by atoms with van der Waals surface area (Å²) >= 11 is 0. The van der Waals surface area contributed by atoms with E-state index in [-0.39, 0.29) is 30.9 Å². The number of ether oxygens (including phenoxy) is 5. The van der Waals surface area contributed by atoms with Gasteiger partial charge in [0.25, 0.3) is 0 Å². The van der Waals surface area contributed by atoms with Gasteiger partial charge in [0.05, 0.1) is 30.4 Å². The van der Waals surface area contributed by atoms with Crippen LogP contribution in [0, 0.1) is 5.92 Å². The van der Waals surface area contributed by atoms with Gasteiger partial charge >= 0.3 is 5.97 Å². The number of nitrogens with zero attached hydrogens (tertiary/aromatic N) is 1. The number of nitrogens with two attached hydrogens (primary N) is 1. The highest BCUT2D eigenvalue weighted by Crippen LogP contribution is 2.45. The zero-order chi connectivity index (χ0) is 33.3. The Morgan fingerprint density at radius 2 is 1.40 bits per heavy atom. The molecule has 2 amide bonds. The Morgan fingerprint density at radius 3 is 1.87 bits per heavy atom. The second-order valence-electron chi connectivity index (χ2n) is 12.4. The van der Waals surface area contributed by atoms with E-state index in [2.05, 4.69) is 0 Å². The summed E-state index contributed by atoms with van der Waals surface area (Å²) in [7, 11) is 1.38. The van der Waals surface area contributed by atoms with Crippen LogP contribution in [0.2, 0.25) is 0 Å². The van der Waals surface area contributed by atoms with Crippen LogP contribution >= 0.6 is 0 Å². The first-order chi connectivity index (χ1) is 22.6. The molecular weight excluding hydrogens is 600 g/mol. The average molecular weight is 641 g/mol. The van der Waals surface area contributed by atoms with E-state index in [9.17, 15) is 14.4 Å². The Kier molecular flexibility index (Phi) is 9.04. The van der Waals surface area contributed by atoms with E-state index in [1.54, 1.807) is 20.8 Å². The number of fused-ring (bicyclic) bond motifs is 1. The Hall–Kier alpha value is -4.35. The molecule has 47 heavy (non-hydrogen) atoms. The van der Waals surface area contributed by atoms with E-state index in [1.807, 2.05) is 91.0 Å². The smallest absolute Gasteiger partial charge is 0.336 e. The van der Waals surface area contributed by atoms with Crippen molar-refractivity contribution in [1.29, 1.82) is 0 Å². The Balaban J connectivity index is 1.40. The molecular formula is C37H40N2O8. The lowest BCUT2D eigenvalue weighted by Crippen LogP contribution is -2.39. The SMILES string of the molecule is CCOC(=O)/C(=C(/N)C1OC(COC(c2ccccc2)(c2ccccc2)c2ccccc2)C2OC(C)(C)OC12)C1CC(=O)N(C)C1=O. The molecule has 246 valence electrons. The molecule has 0 radical (unpaired) electrons. The zero-order valence-electron chi connectivity index (χ0n) is 27.0. The first kappa shape index (κ1) is 32.6. The van der Waals surface area contributed by atoms with Crippen LogP contribution in [0.1, 0.15) is 43.9 Å². The molecule has 3 heterocycles. The third-order valence-corrected chi connectivity index (χ3v) is 9.00. The lowest BCUT2D eigenvalue weighted by molar-refractivity contribution is -0.191. The second kappa shape index (κ2) is 13.0. The minimum atomic E-state index is -1.10. The number of benzene rings is 3. The molecule has 3 aromatic rings. The van der Waals surface area contributed by atoms with Crippen LogP contribution in [0.4, 0.5) is 0 Å². The van der Waals surface area contributed by atoms with Gasteiger partial charge in [-0.05, 0) is 37.5 Å². The van der Waals surface area contributed by atoms with Crippen molar-refractivity contribution >= 4 is 17.8 Å². The van der Waals surface area contributed by atoms with Gasteiger partial charge in [-0.2, -0.15) is 0 Å². The molecule has 0 spiro atoms. The monoisotopic (exact) mass is 640 g/mol. The molecule has 5 atom stereocenters. The molecule has 3 fully saturated rings. The number of imide groups is 1. The normalized spacial score (nSPS) is 25.9. The highest BCUT2D eigenvalue weighted by molar-refractivity contribution is 6.09. The van der Waals surface area contributed by atoms with E-state index in [0.29, 0.717) is 0 Å². The highest BCUT2D eigenvalue weighted by atomic mass is 16.8. The summed E-state index contributed by atoms with van der Waals surface area (Å²) in [6, 6.07) is 29.9. The van der Waals surface area contributed by atoms with Crippen LogP contribution in [0.5, 0.6) is 0 Å². The molecule has 6 rings (SSSR count). The minimum absolute atomic E-state index is 0.0239. The third kappa shape index (κ3) is 5.98. The predicted molar refractivity (Wildman–Crippen MR) is 171 cm³/mol. The number of amides is 2. The molecule has 5 unspecified atom stereocenters. The largest absolute Gasteiger partial charge is 0.463 e. The van der Waals surface area contributed by atoms with E-state index in [0.717, 1.165) is 21.6 Å². The lowest BCUT2D eigenvalue weighted by Gasteiger charge is -2.37. The summed E-state index contributed by atoms with van der Waals surface area (Å²) in [5, 5.41) is 0. The fraction of sp³-hybridized carbons (Fsp3) is 0.378. The number of carbonyl (C=O) groups is 3. The van der Waals surface area contributed by atoms with Crippen LogP contribution < -0.4 is 5.73 Å². The molecule has 3 saturated heterocycles. The maximum atomic E-state index is 13.3. The van der Waals surface area contributed by atoms with Crippen LogP contribution in [-0.4, -0.2) is 73.1 Å². The van der Waals surface area contributed by atoms with Gasteiger partial charge in [-0.3, -0.25) is 14.5 Å². The maximum Gasteiger partial charge on any atom is 0.336 e. The van der Waals surface area contributed by atoms with Crippen molar-refractivity contribution in [3.8, 4) is 0 Å².